The van der Waals surface area contributed by atoms with Gasteiger partial charge < -0.3 is 4.74 Å². The van der Waals surface area contributed by atoms with Crippen LogP contribution in [-0.2, 0) is 9.53 Å². The molecule has 0 N–H and O–H groups in total. The van der Waals surface area contributed by atoms with Gasteiger partial charge in [-0.05, 0) is 25.8 Å². The van der Waals surface area contributed by atoms with Crippen LogP contribution in [0.3, 0.4) is 0 Å². The molecule has 3 nitrogen and oxygen atoms in total. The molecule has 23 heavy (non-hydrogen) atoms. The van der Waals surface area contributed by atoms with Gasteiger partial charge in [-0.25, -0.2) is 4.79 Å². The van der Waals surface area contributed by atoms with Gasteiger partial charge in [-0.1, -0.05) is 62.6 Å². The van der Waals surface area contributed by atoms with E-state index >= 15 is 0 Å². The summed E-state index contributed by atoms with van der Waals surface area (Å²) in [4.78, 5) is 24.0. The van der Waals surface area contributed by atoms with Crippen LogP contribution < -0.4 is 0 Å². The topological polar surface area (TPSA) is 43.4 Å². The molecule has 0 saturated carbocycles. The van der Waals surface area contributed by atoms with Crippen LogP contribution in [0.1, 0.15) is 56.3 Å². The summed E-state index contributed by atoms with van der Waals surface area (Å²) in [5.41, 5.74) is 2.10. The van der Waals surface area contributed by atoms with Crippen molar-refractivity contribution in [3.05, 3.63) is 59.2 Å². The number of unbranched alkanes of at least 4 members (excludes halogenated alkanes) is 3. The number of cyclic esters (lactones) is 1. The lowest BCUT2D eigenvalue weighted by Crippen LogP contribution is -2.11. The number of carbonyl (C=O) groups is 2. The summed E-state index contributed by atoms with van der Waals surface area (Å²) >= 11 is 0. The van der Waals surface area contributed by atoms with E-state index in [1.165, 1.54) is 18.9 Å². The first-order valence-corrected chi connectivity index (χ1v) is 8.32. The van der Waals surface area contributed by atoms with Gasteiger partial charge in [0.05, 0.1) is 0 Å². The van der Waals surface area contributed by atoms with Gasteiger partial charge in [0.25, 0.3) is 0 Å². The van der Waals surface area contributed by atoms with Gasteiger partial charge in [0.1, 0.15) is 6.10 Å². The van der Waals surface area contributed by atoms with E-state index in [1.54, 1.807) is 25.1 Å². The number of benzene rings is 1. The summed E-state index contributed by atoms with van der Waals surface area (Å²) in [5, 5.41) is 0. The van der Waals surface area contributed by atoms with Gasteiger partial charge in [-0.15, -0.1) is 0 Å². The third-order valence-corrected chi connectivity index (χ3v) is 4.13. The van der Waals surface area contributed by atoms with Crippen molar-refractivity contribution in [1.29, 1.82) is 0 Å². The molecule has 1 unspecified atom stereocenters. The number of ether oxygens (including phenoxy) is 1. The van der Waals surface area contributed by atoms with Gasteiger partial charge in [-0.2, -0.15) is 0 Å². The predicted octanol–water partition coefficient (Wildman–Crippen LogP) is 4.64. The van der Waals surface area contributed by atoms with Gasteiger partial charge in [0.2, 0.25) is 0 Å². The predicted molar refractivity (Wildman–Crippen MR) is 91.3 cm³/mol. The number of carbonyl (C=O) groups excluding carboxylic acids is 2. The minimum atomic E-state index is -0.266. The molecule has 1 aliphatic rings. The zero-order valence-electron chi connectivity index (χ0n) is 13.9. The number of rotatable bonds is 8. The monoisotopic (exact) mass is 312 g/mol. The molecule has 1 aliphatic heterocycles. The minimum Gasteiger partial charge on any atom is -0.454 e. The fourth-order valence-corrected chi connectivity index (χ4v) is 2.71. The van der Waals surface area contributed by atoms with E-state index in [2.05, 4.69) is 6.92 Å². The molecule has 0 radical (unpaired) electrons. The highest BCUT2D eigenvalue weighted by Gasteiger charge is 2.29. The van der Waals surface area contributed by atoms with Crippen LogP contribution in [0.5, 0.6) is 0 Å². The van der Waals surface area contributed by atoms with E-state index in [4.69, 9.17) is 4.74 Å². The SMILES string of the molecule is CCCCCCC1OC(=O)C(C)=C1/C=C/C(=O)c1ccccc1. The van der Waals surface area contributed by atoms with Crippen molar-refractivity contribution in [3.63, 3.8) is 0 Å². The van der Waals surface area contributed by atoms with E-state index in [1.807, 2.05) is 18.2 Å². The molecule has 1 aromatic rings. The van der Waals surface area contributed by atoms with E-state index < -0.39 is 0 Å². The van der Waals surface area contributed by atoms with Crippen molar-refractivity contribution >= 4 is 11.8 Å². The molecule has 0 aliphatic carbocycles. The third kappa shape index (κ3) is 4.65. The molecule has 1 atom stereocenters. The van der Waals surface area contributed by atoms with Crippen LogP contribution in [0.4, 0.5) is 0 Å². The summed E-state index contributed by atoms with van der Waals surface area (Å²) in [7, 11) is 0. The number of esters is 1. The van der Waals surface area contributed by atoms with Gasteiger partial charge >= 0.3 is 5.97 Å². The highest BCUT2D eigenvalue weighted by Crippen LogP contribution is 2.27. The van der Waals surface area contributed by atoms with Gasteiger partial charge in [0.15, 0.2) is 5.78 Å². The normalized spacial score (nSPS) is 17.8. The smallest absolute Gasteiger partial charge is 0.334 e. The second-order valence-electron chi connectivity index (χ2n) is 5.89. The number of hydrogen-bond acceptors (Lipinski definition) is 3. The third-order valence-electron chi connectivity index (χ3n) is 4.13. The Morgan fingerprint density at radius 1 is 1.17 bits per heavy atom. The molecule has 0 aromatic heterocycles. The first-order chi connectivity index (χ1) is 11.1. The Labute approximate surface area is 138 Å². The molecule has 2 rings (SSSR count). The van der Waals surface area contributed by atoms with Crippen LogP contribution in [0.2, 0.25) is 0 Å². The Kier molecular flexibility index (Phi) is 6.33. The number of hydrogen-bond donors (Lipinski definition) is 0. The maximum atomic E-state index is 12.2. The zero-order valence-corrected chi connectivity index (χ0v) is 13.9. The first kappa shape index (κ1) is 17.2. The minimum absolute atomic E-state index is 0.0602. The van der Waals surface area contributed by atoms with Crippen molar-refractivity contribution in [2.75, 3.05) is 0 Å². The Hall–Kier alpha value is -2.16. The molecule has 0 fully saturated rings. The van der Waals surface area contributed by atoms with Crippen LogP contribution in [0, 0.1) is 0 Å². The Morgan fingerprint density at radius 3 is 2.61 bits per heavy atom. The van der Waals surface area contributed by atoms with Crippen LogP contribution in [-0.4, -0.2) is 17.9 Å². The van der Waals surface area contributed by atoms with Crippen LogP contribution >= 0.6 is 0 Å². The summed E-state index contributed by atoms with van der Waals surface area (Å²) in [6.45, 7) is 3.93. The van der Waals surface area contributed by atoms with E-state index in [0.29, 0.717) is 11.1 Å². The zero-order chi connectivity index (χ0) is 16.7. The molecule has 122 valence electrons. The van der Waals surface area contributed by atoms with Crippen molar-refractivity contribution in [2.24, 2.45) is 0 Å². The molecule has 1 aromatic carbocycles. The maximum absolute atomic E-state index is 12.2. The molecule has 3 heteroatoms. The Morgan fingerprint density at radius 2 is 1.91 bits per heavy atom. The molecular weight excluding hydrogens is 288 g/mol. The van der Waals surface area contributed by atoms with Crippen molar-refractivity contribution in [2.45, 2.75) is 52.1 Å². The lowest BCUT2D eigenvalue weighted by molar-refractivity contribution is -0.139. The number of ketones is 1. The molecule has 0 spiro atoms. The highest BCUT2D eigenvalue weighted by molar-refractivity contribution is 6.05. The van der Waals surface area contributed by atoms with Gasteiger partial charge in [0, 0.05) is 16.7 Å². The molecule has 0 saturated heterocycles. The van der Waals surface area contributed by atoms with Crippen LogP contribution in [0.25, 0.3) is 0 Å². The molecule has 1 heterocycles. The number of allylic oxidation sites excluding steroid dienone is 1. The van der Waals surface area contributed by atoms with Crippen molar-refractivity contribution in [3.8, 4) is 0 Å². The van der Waals surface area contributed by atoms with Gasteiger partial charge in [-0.3, -0.25) is 4.79 Å². The quantitative estimate of drug-likeness (QED) is 0.304. The van der Waals surface area contributed by atoms with Crippen molar-refractivity contribution in [1.82, 2.24) is 0 Å². The largest absolute Gasteiger partial charge is 0.454 e. The fraction of sp³-hybridized carbons (Fsp3) is 0.400. The average molecular weight is 312 g/mol. The second-order valence-corrected chi connectivity index (χ2v) is 5.89. The van der Waals surface area contributed by atoms with E-state index in [-0.39, 0.29) is 17.9 Å². The lowest BCUT2D eigenvalue weighted by atomic mass is 9.99. The highest BCUT2D eigenvalue weighted by atomic mass is 16.5. The first-order valence-electron chi connectivity index (χ1n) is 8.32. The maximum Gasteiger partial charge on any atom is 0.334 e. The van der Waals surface area contributed by atoms with Crippen molar-refractivity contribution < 1.29 is 14.3 Å². The molecular formula is C20H24O3. The fourth-order valence-electron chi connectivity index (χ4n) is 2.71. The summed E-state index contributed by atoms with van der Waals surface area (Å²) in [5.74, 6) is -0.327. The average Bonchev–Trinajstić information content (AvgIpc) is 2.84. The molecule has 0 amide bonds. The van der Waals surface area contributed by atoms with Crippen LogP contribution in [0.15, 0.2) is 53.6 Å². The standard InChI is InChI=1S/C20H24O3/c1-3-4-5-9-12-19-17(15(2)20(22)23-19)13-14-18(21)16-10-7-6-8-11-16/h6-8,10-11,13-14,19H,3-5,9,12H2,1-2H3/b14-13+. The Balaban J connectivity index is 2.03. The summed E-state index contributed by atoms with van der Waals surface area (Å²) < 4.78 is 5.43. The van der Waals surface area contributed by atoms with E-state index in [9.17, 15) is 9.59 Å². The summed E-state index contributed by atoms with van der Waals surface area (Å²) in [6, 6.07) is 9.12. The second kappa shape index (κ2) is 8.47. The van der Waals surface area contributed by atoms with E-state index in [0.717, 1.165) is 24.8 Å². The Bertz CT molecular complexity index is 611. The molecule has 0 bridgehead atoms. The lowest BCUT2D eigenvalue weighted by Gasteiger charge is -2.11. The summed E-state index contributed by atoms with van der Waals surface area (Å²) in [6.07, 6.45) is 8.45.